The van der Waals surface area contributed by atoms with Crippen molar-refractivity contribution in [3.63, 3.8) is 0 Å². The van der Waals surface area contributed by atoms with E-state index >= 15 is 0 Å². The minimum absolute atomic E-state index is 0.242. The zero-order valence-electron chi connectivity index (χ0n) is 14.8. The van der Waals surface area contributed by atoms with Crippen molar-refractivity contribution in [2.24, 2.45) is 5.92 Å². The van der Waals surface area contributed by atoms with Crippen molar-refractivity contribution < 1.29 is 9.18 Å². The topological polar surface area (TPSA) is 49.3 Å². The van der Waals surface area contributed by atoms with Crippen molar-refractivity contribution in [3.8, 4) is 0 Å². The smallest absolute Gasteiger partial charge is 0.223 e. The fourth-order valence-electron chi connectivity index (χ4n) is 3.97. The molecule has 136 valence electrons. The predicted molar refractivity (Wildman–Crippen MR) is 97.1 cm³/mol. The summed E-state index contributed by atoms with van der Waals surface area (Å²) in [5.41, 5.74) is 2.62. The van der Waals surface area contributed by atoms with E-state index in [1.165, 1.54) is 23.7 Å². The fourth-order valence-corrected chi connectivity index (χ4v) is 3.97. The molecule has 6 heteroatoms. The van der Waals surface area contributed by atoms with Gasteiger partial charge in [-0.1, -0.05) is 24.3 Å². The number of nitrogens with zero attached hydrogens (tertiary/aromatic N) is 4. The third kappa shape index (κ3) is 3.54. The molecule has 26 heavy (non-hydrogen) atoms. The van der Waals surface area contributed by atoms with Crippen LogP contribution in [-0.4, -0.2) is 40.4 Å². The van der Waals surface area contributed by atoms with Crippen molar-refractivity contribution >= 4 is 11.7 Å². The molecule has 5 nitrogen and oxygen atoms in total. The normalized spacial score (nSPS) is 17.9. The molecule has 2 aliphatic rings. The van der Waals surface area contributed by atoms with E-state index in [1.807, 2.05) is 15.9 Å². The van der Waals surface area contributed by atoms with Gasteiger partial charge in [0.1, 0.15) is 6.33 Å². The number of aromatic nitrogens is 2. The molecule has 0 aliphatic carbocycles. The molecule has 3 heterocycles. The van der Waals surface area contributed by atoms with Gasteiger partial charge < -0.3 is 9.80 Å². The van der Waals surface area contributed by atoms with E-state index < -0.39 is 0 Å². The number of carbonyl (C=O) groups is 1. The predicted octanol–water partition coefficient (Wildman–Crippen LogP) is 2.81. The highest BCUT2D eigenvalue weighted by Gasteiger charge is 2.27. The number of carbonyl (C=O) groups excluding carboxylic acids is 1. The molecule has 1 fully saturated rings. The number of fused-ring (bicyclic) bond motifs is 1. The lowest BCUT2D eigenvalue weighted by atomic mass is 9.92. The SMILES string of the molecule is O=C(CC1CCN(c2ncncc2F)CC1)N1CCc2ccccc2C1. The van der Waals surface area contributed by atoms with Gasteiger partial charge in [0.05, 0.1) is 6.20 Å². The summed E-state index contributed by atoms with van der Waals surface area (Å²) in [6.45, 7) is 2.99. The van der Waals surface area contributed by atoms with Gasteiger partial charge in [-0.15, -0.1) is 0 Å². The Morgan fingerprint density at radius 1 is 1.15 bits per heavy atom. The van der Waals surface area contributed by atoms with Crippen molar-refractivity contribution in [2.75, 3.05) is 24.5 Å². The average molecular weight is 354 g/mol. The number of anilines is 1. The van der Waals surface area contributed by atoms with Crippen LogP contribution in [0.15, 0.2) is 36.8 Å². The number of hydrogen-bond acceptors (Lipinski definition) is 4. The molecule has 2 aliphatic heterocycles. The third-order valence-electron chi connectivity index (χ3n) is 5.51. The Morgan fingerprint density at radius 3 is 2.69 bits per heavy atom. The highest BCUT2D eigenvalue weighted by molar-refractivity contribution is 5.76. The summed E-state index contributed by atoms with van der Waals surface area (Å²) in [5.74, 6) is 0.596. The first kappa shape index (κ1) is 16.9. The monoisotopic (exact) mass is 354 g/mol. The van der Waals surface area contributed by atoms with Gasteiger partial charge in [-0.2, -0.15) is 0 Å². The Hall–Kier alpha value is -2.50. The number of benzene rings is 1. The molecule has 0 atom stereocenters. The van der Waals surface area contributed by atoms with Crippen LogP contribution >= 0.6 is 0 Å². The van der Waals surface area contributed by atoms with E-state index in [0.29, 0.717) is 18.2 Å². The Morgan fingerprint density at radius 2 is 1.92 bits per heavy atom. The molecule has 0 radical (unpaired) electrons. The zero-order chi connectivity index (χ0) is 17.9. The maximum Gasteiger partial charge on any atom is 0.223 e. The van der Waals surface area contributed by atoms with Crippen molar-refractivity contribution in [2.45, 2.75) is 32.2 Å². The maximum atomic E-state index is 13.8. The number of hydrogen-bond donors (Lipinski definition) is 0. The summed E-state index contributed by atoms with van der Waals surface area (Å²) >= 11 is 0. The number of halogens is 1. The van der Waals surface area contributed by atoms with E-state index in [9.17, 15) is 9.18 Å². The first-order chi connectivity index (χ1) is 12.7. The fraction of sp³-hybridized carbons (Fsp3) is 0.450. The molecule has 0 spiro atoms. The van der Waals surface area contributed by atoms with E-state index in [0.717, 1.165) is 45.4 Å². The van der Waals surface area contributed by atoms with Crippen LogP contribution in [0.5, 0.6) is 0 Å². The van der Waals surface area contributed by atoms with Crippen molar-refractivity contribution in [3.05, 3.63) is 53.7 Å². The molecule has 4 rings (SSSR count). The van der Waals surface area contributed by atoms with Crippen LogP contribution in [0.1, 0.15) is 30.4 Å². The van der Waals surface area contributed by atoms with E-state index in [-0.39, 0.29) is 11.7 Å². The van der Waals surface area contributed by atoms with Gasteiger partial charge >= 0.3 is 0 Å². The molecule has 0 unspecified atom stereocenters. The van der Waals surface area contributed by atoms with Gasteiger partial charge in [0.2, 0.25) is 5.91 Å². The Bertz CT molecular complexity index is 789. The van der Waals surface area contributed by atoms with E-state index in [1.54, 1.807) is 0 Å². The molecule has 1 saturated heterocycles. The lowest BCUT2D eigenvalue weighted by molar-refractivity contribution is -0.133. The summed E-state index contributed by atoms with van der Waals surface area (Å²) in [6, 6.07) is 8.36. The third-order valence-corrected chi connectivity index (χ3v) is 5.51. The summed E-state index contributed by atoms with van der Waals surface area (Å²) in [6.07, 6.45) is 5.88. The van der Waals surface area contributed by atoms with Crippen LogP contribution < -0.4 is 4.90 Å². The van der Waals surface area contributed by atoms with Gasteiger partial charge in [-0.25, -0.2) is 14.4 Å². The Kier molecular flexibility index (Phi) is 4.82. The second kappa shape index (κ2) is 7.40. The van der Waals surface area contributed by atoms with Gasteiger partial charge in [0, 0.05) is 32.6 Å². The zero-order valence-corrected chi connectivity index (χ0v) is 14.8. The molecular weight excluding hydrogens is 331 g/mol. The second-order valence-corrected chi connectivity index (χ2v) is 7.16. The largest absolute Gasteiger partial charge is 0.354 e. The van der Waals surface area contributed by atoms with Crippen LogP contribution in [-0.2, 0) is 17.8 Å². The Balaban J connectivity index is 1.31. The standard InChI is InChI=1S/C20H23FN4O/c21-18-12-22-14-23-20(18)24-8-5-15(6-9-24)11-19(26)25-10-7-16-3-1-2-4-17(16)13-25/h1-4,12,14-15H,5-11,13H2. The minimum atomic E-state index is -0.381. The molecule has 2 aromatic rings. The van der Waals surface area contributed by atoms with Crippen LogP contribution in [0, 0.1) is 11.7 Å². The molecule has 1 aromatic carbocycles. The van der Waals surface area contributed by atoms with Crippen LogP contribution in [0.4, 0.5) is 10.2 Å². The highest BCUT2D eigenvalue weighted by Crippen LogP contribution is 2.27. The summed E-state index contributed by atoms with van der Waals surface area (Å²) in [5, 5.41) is 0. The number of amides is 1. The van der Waals surface area contributed by atoms with Crippen LogP contribution in [0.25, 0.3) is 0 Å². The molecule has 1 aromatic heterocycles. The van der Waals surface area contributed by atoms with Crippen molar-refractivity contribution in [1.82, 2.24) is 14.9 Å². The maximum absolute atomic E-state index is 13.8. The van der Waals surface area contributed by atoms with E-state index in [2.05, 4.69) is 28.2 Å². The number of rotatable bonds is 3. The summed E-state index contributed by atoms with van der Waals surface area (Å²) < 4.78 is 13.8. The summed E-state index contributed by atoms with van der Waals surface area (Å²) in [7, 11) is 0. The molecule has 0 saturated carbocycles. The highest BCUT2D eigenvalue weighted by atomic mass is 19.1. The summed E-state index contributed by atoms with van der Waals surface area (Å²) in [4.78, 5) is 24.4. The van der Waals surface area contributed by atoms with Gasteiger partial charge in [-0.3, -0.25) is 4.79 Å². The Labute approximate surface area is 152 Å². The average Bonchev–Trinajstić information content (AvgIpc) is 2.69. The molecule has 0 bridgehead atoms. The molecule has 1 amide bonds. The first-order valence-corrected chi connectivity index (χ1v) is 9.25. The van der Waals surface area contributed by atoms with Gasteiger partial charge in [0.15, 0.2) is 11.6 Å². The molecule has 0 N–H and O–H groups in total. The minimum Gasteiger partial charge on any atom is -0.354 e. The van der Waals surface area contributed by atoms with Gasteiger partial charge in [0.25, 0.3) is 0 Å². The van der Waals surface area contributed by atoms with Crippen LogP contribution in [0.3, 0.4) is 0 Å². The lowest BCUT2D eigenvalue weighted by Crippen LogP contribution is -2.39. The van der Waals surface area contributed by atoms with Crippen LogP contribution in [0.2, 0.25) is 0 Å². The van der Waals surface area contributed by atoms with Gasteiger partial charge in [-0.05, 0) is 36.3 Å². The lowest BCUT2D eigenvalue weighted by Gasteiger charge is -2.34. The first-order valence-electron chi connectivity index (χ1n) is 9.25. The quantitative estimate of drug-likeness (QED) is 0.850. The second-order valence-electron chi connectivity index (χ2n) is 7.16. The van der Waals surface area contributed by atoms with Crippen molar-refractivity contribution in [1.29, 1.82) is 0 Å². The molecular formula is C20H23FN4O. The van der Waals surface area contributed by atoms with E-state index in [4.69, 9.17) is 0 Å². The number of piperidine rings is 1.